The molecule has 1 N–H and O–H groups in total. The molecule has 0 spiro atoms. The predicted molar refractivity (Wildman–Crippen MR) is 45.0 cm³/mol. The summed E-state index contributed by atoms with van der Waals surface area (Å²) in [4.78, 5) is 0. The molecule has 0 unspecified atom stereocenters. The number of hydrogen-bond donors (Lipinski definition) is 1. The van der Waals surface area contributed by atoms with Crippen LogP contribution in [-0.2, 0) is 0 Å². The largest absolute Gasteiger partial charge is 0.474 e. The van der Waals surface area contributed by atoms with Crippen LogP contribution in [0.15, 0.2) is 6.20 Å². The molecule has 1 aromatic heterocycles. The van der Waals surface area contributed by atoms with Crippen molar-refractivity contribution < 1.29 is 4.74 Å². The third kappa shape index (κ3) is 1.25. The highest BCUT2D eigenvalue weighted by molar-refractivity contribution is 14.1. The summed E-state index contributed by atoms with van der Waals surface area (Å²) in [6, 6.07) is 0. The fourth-order valence-electron chi connectivity index (χ4n) is 0.695. The molecule has 0 amide bonds. The van der Waals surface area contributed by atoms with Gasteiger partial charge in [0.15, 0.2) is 0 Å². The second-order valence-corrected chi connectivity index (χ2v) is 3.53. The van der Waals surface area contributed by atoms with E-state index in [0.29, 0.717) is 6.10 Å². The van der Waals surface area contributed by atoms with E-state index in [-0.39, 0.29) is 0 Å². The molecular formula is C6H7IN2O. The molecule has 1 aromatic rings. The highest BCUT2D eigenvalue weighted by Crippen LogP contribution is 2.27. The van der Waals surface area contributed by atoms with Crippen LogP contribution in [-0.4, -0.2) is 16.3 Å². The summed E-state index contributed by atoms with van der Waals surface area (Å²) in [6.45, 7) is 0. The van der Waals surface area contributed by atoms with Crippen LogP contribution in [0, 0.1) is 3.57 Å². The molecule has 0 atom stereocenters. The molecule has 54 valence electrons. The van der Waals surface area contributed by atoms with E-state index >= 15 is 0 Å². The number of H-pyrrole nitrogens is 1. The summed E-state index contributed by atoms with van der Waals surface area (Å²) < 4.78 is 6.53. The van der Waals surface area contributed by atoms with Gasteiger partial charge in [0.05, 0.1) is 9.77 Å². The van der Waals surface area contributed by atoms with Crippen LogP contribution in [0.1, 0.15) is 12.8 Å². The Kier molecular flexibility index (Phi) is 1.55. The summed E-state index contributed by atoms with van der Waals surface area (Å²) in [5, 5.41) is 6.64. The molecule has 1 aliphatic carbocycles. The summed E-state index contributed by atoms with van der Waals surface area (Å²) in [5.41, 5.74) is 0. The van der Waals surface area contributed by atoms with Crippen LogP contribution in [0.2, 0.25) is 0 Å². The van der Waals surface area contributed by atoms with Crippen LogP contribution in [0.3, 0.4) is 0 Å². The molecule has 4 heteroatoms. The molecule has 0 radical (unpaired) electrons. The first-order chi connectivity index (χ1) is 4.86. The zero-order valence-corrected chi connectivity index (χ0v) is 7.46. The van der Waals surface area contributed by atoms with E-state index in [1.807, 2.05) is 0 Å². The molecule has 3 nitrogen and oxygen atoms in total. The van der Waals surface area contributed by atoms with Crippen molar-refractivity contribution in [2.45, 2.75) is 18.9 Å². The number of aromatic nitrogens is 2. The highest BCUT2D eigenvalue weighted by atomic mass is 127. The second-order valence-electron chi connectivity index (χ2n) is 2.36. The van der Waals surface area contributed by atoms with Gasteiger partial charge in [-0.1, -0.05) is 0 Å². The van der Waals surface area contributed by atoms with Crippen molar-refractivity contribution in [1.29, 1.82) is 0 Å². The van der Waals surface area contributed by atoms with Crippen molar-refractivity contribution in [2.24, 2.45) is 0 Å². The van der Waals surface area contributed by atoms with Gasteiger partial charge in [0.25, 0.3) is 0 Å². The number of ether oxygens (including phenoxy) is 1. The molecule has 0 aliphatic heterocycles. The van der Waals surface area contributed by atoms with E-state index in [1.54, 1.807) is 6.20 Å². The standard InChI is InChI=1S/C6H7IN2O/c7-5-3-8-9-6(5)10-4-1-2-4/h3-4H,1-2H2,(H,8,9). The maximum absolute atomic E-state index is 5.47. The molecule has 0 aromatic carbocycles. The van der Waals surface area contributed by atoms with E-state index in [9.17, 15) is 0 Å². The van der Waals surface area contributed by atoms with Gasteiger partial charge in [0.1, 0.15) is 6.10 Å². The van der Waals surface area contributed by atoms with Crippen molar-refractivity contribution >= 4 is 22.6 Å². The number of aromatic amines is 1. The van der Waals surface area contributed by atoms with Crippen molar-refractivity contribution in [3.8, 4) is 5.88 Å². The lowest BCUT2D eigenvalue weighted by molar-refractivity contribution is 0.288. The molecule has 0 bridgehead atoms. The van der Waals surface area contributed by atoms with E-state index in [2.05, 4.69) is 32.8 Å². The minimum atomic E-state index is 0.453. The number of hydrogen-bond acceptors (Lipinski definition) is 2. The quantitative estimate of drug-likeness (QED) is 0.808. The third-order valence-corrected chi connectivity index (χ3v) is 2.14. The van der Waals surface area contributed by atoms with Gasteiger partial charge < -0.3 is 4.74 Å². The van der Waals surface area contributed by atoms with Crippen molar-refractivity contribution in [3.63, 3.8) is 0 Å². The van der Waals surface area contributed by atoms with Gasteiger partial charge in [-0.3, -0.25) is 0 Å². The van der Waals surface area contributed by atoms with Crippen LogP contribution >= 0.6 is 22.6 Å². The molecule has 2 rings (SSSR count). The summed E-state index contributed by atoms with van der Waals surface area (Å²) in [7, 11) is 0. The lowest BCUT2D eigenvalue weighted by Gasteiger charge is -1.98. The number of rotatable bonds is 2. The Morgan fingerprint density at radius 3 is 3.00 bits per heavy atom. The topological polar surface area (TPSA) is 37.9 Å². The predicted octanol–water partition coefficient (Wildman–Crippen LogP) is 1.56. The molecule has 1 aliphatic rings. The minimum absolute atomic E-state index is 0.453. The van der Waals surface area contributed by atoms with Gasteiger partial charge in [0, 0.05) is 0 Å². The third-order valence-electron chi connectivity index (χ3n) is 1.37. The Morgan fingerprint density at radius 2 is 2.50 bits per heavy atom. The van der Waals surface area contributed by atoms with Gasteiger partial charge in [0.2, 0.25) is 5.88 Å². The highest BCUT2D eigenvalue weighted by Gasteiger charge is 2.24. The normalized spacial score (nSPS) is 17.3. The Labute approximate surface area is 72.3 Å². The molecule has 1 fully saturated rings. The lowest BCUT2D eigenvalue weighted by atomic mass is 10.7. The van der Waals surface area contributed by atoms with E-state index in [4.69, 9.17) is 4.74 Å². The van der Waals surface area contributed by atoms with Gasteiger partial charge in [-0.05, 0) is 35.4 Å². The Hall–Kier alpha value is -0.260. The Bertz CT molecular complexity index is 231. The molecule has 1 heterocycles. The van der Waals surface area contributed by atoms with Gasteiger partial charge in [-0.2, -0.15) is 5.10 Å². The zero-order chi connectivity index (χ0) is 6.97. The second kappa shape index (κ2) is 2.41. The van der Waals surface area contributed by atoms with E-state index in [0.717, 1.165) is 9.45 Å². The van der Waals surface area contributed by atoms with Crippen molar-refractivity contribution in [2.75, 3.05) is 0 Å². The molecule has 0 saturated heterocycles. The van der Waals surface area contributed by atoms with Gasteiger partial charge in [-0.15, -0.1) is 0 Å². The molecule has 10 heavy (non-hydrogen) atoms. The van der Waals surface area contributed by atoms with E-state index < -0.39 is 0 Å². The first-order valence-electron chi connectivity index (χ1n) is 3.22. The van der Waals surface area contributed by atoms with Gasteiger partial charge in [-0.25, -0.2) is 5.10 Å². The van der Waals surface area contributed by atoms with Crippen molar-refractivity contribution in [1.82, 2.24) is 10.2 Å². The summed E-state index contributed by atoms with van der Waals surface area (Å²) >= 11 is 2.20. The Morgan fingerprint density at radius 1 is 1.70 bits per heavy atom. The monoisotopic (exact) mass is 250 g/mol. The number of nitrogens with one attached hydrogen (secondary N) is 1. The molecule has 1 saturated carbocycles. The van der Waals surface area contributed by atoms with Crippen LogP contribution in [0.25, 0.3) is 0 Å². The first kappa shape index (κ1) is 6.45. The van der Waals surface area contributed by atoms with E-state index in [1.165, 1.54) is 12.8 Å². The Balaban J connectivity index is 2.08. The summed E-state index contributed by atoms with van der Waals surface area (Å²) in [6.07, 6.45) is 4.59. The first-order valence-corrected chi connectivity index (χ1v) is 4.29. The fourth-order valence-corrected chi connectivity index (χ4v) is 1.08. The van der Waals surface area contributed by atoms with Gasteiger partial charge >= 0.3 is 0 Å². The zero-order valence-electron chi connectivity index (χ0n) is 5.30. The number of halogens is 1. The fraction of sp³-hybridized carbons (Fsp3) is 0.500. The maximum Gasteiger partial charge on any atom is 0.223 e. The van der Waals surface area contributed by atoms with Crippen LogP contribution in [0.5, 0.6) is 5.88 Å². The summed E-state index contributed by atoms with van der Waals surface area (Å²) in [5.74, 6) is 0.822. The average molecular weight is 250 g/mol. The van der Waals surface area contributed by atoms with Crippen LogP contribution in [0.4, 0.5) is 0 Å². The number of nitrogens with zero attached hydrogens (tertiary/aromatic N) is 1. The maximum atomic E-state index is 5.47. The molecular weight excluding hydrogens is 243 g/mol. The van der Waals surface area contributed by atoms with Crippen molar-refractivity contribution in [3.05, 3.63) is 9.77 Å². The van der Waals surface area contributed by atoms with Crippen LogP contribution < -0.4 is 4.74 Å². The smallest absolute Gasteiger partial charge is 0.223 e. The minimum Gasteiger partial charge on any atom is -0.474 e. The lowest BCUT2D eigenvalue weighted by Crippen LogP contribution is -1.96. The SMILES string of the molecule is Ic1cn[nH]c1OC1CC1. The average Bonchev–Trinajstić information content (AvgIpc) is 2.62.